The Morgan fingerprint density at radius 3 is 1.15 bits per heavy atom. The van der Waals surface area contributed by atoms with Gasteiger partial charge in [0.1, 0.15) is 0 Å². The molecule has 14 heteroatoms. The molecule has 0 bridgehead atoms. The van der Waals surface area contributed by atoms with Gasteiger partial charge in [-0.3, -0.25) is 9.13 Å². The standard InChI is InChI=1S/2C3H7O5P.2Na/c2*1-2-8-9(6,7)3(4)5;;/h2*2H2,1H3,(H,4,5)(H,6,7);;/q;;2*+1/p-2. The third-order valence-corrected chi connectivity index (χ3v) is 3.20. The van der Waals surface area contributed by atoms with Crippen molar-refractivity contribution < 1.29 is 107 Å². The molecule has 0 rings (SSSR count). The minimum Gasteiger partial charge on any atom is -0.770 e. The third kappa shape index (κ3) is 14.2. The Morgan fingerprint density at radius 1 is 0.900 bits per heavy atom. The van der Waals surface area contributed by atoms with E-state index in [-0.39, 0.29) is 72.3 Å². The van der Waals surface area contributed by atoms with E-state index in [1.54, 1.807) is 0 Å². The molecule has 0 aromatic heterocycles. The monoisotopic (exact) mass is 352 g/mol. The molecule has 0 aromatic carbocycles. The Kier molecular flexibility index (Phi) is 20.3. The Labute approximate surface area is 159 Å². The first kappa shape index (κ1) is 29.3. The van der Waals surface area contributed by atoms with Crippen LogP contribution in [0.4, 0.5) is 9.59 Å². The van der Waals surface area contributed by atoms with E-state index in [9.17, 15) is 28.5 Å². The second-order valence-electron chi connectivity index (χ2n) is 2.40. The van der Waals surface area contributed by atoms with Crippen LogP contribution in [0.1, 0.15) is 13.8 Å². The summed E-state index contributed by atoms with van der Waals surface area (Å²) in [6, 6.07) is 0. The van der Waals surface area contributed by atoms with Gasteiger partial charge in [0.15, 0.2) is 0 Å². The van der Waals surface area contributed by atoms with Gasteiger partial charge in [0.05, 0.1) is 13.2 Å². The predicted octanol–water partition coefficient (Wildman–Crippen LogP) is -5.48. The summed E-state index contributed by atoms with van der Waals surface area (Å²) in [4.78, 5) is 39.7. The Bertz CT molecular complexity index is 350. The largest absolute Gasteiger partial charge is 1.00 e. The van der Waals surface area contributed by atoms with Gasteiger partial charge in [-0.2, -0.15) is 0 Å². The summed E-state index contributed by atoms with van der Waals surface area (Å²) in [6.07, 6.45) is 0. The van der Waals surface area contributed by atoms with Gasteiger partial charge in [0.25, 0.3) is 0 Å². The van der Waals surface area contributed by atoms with Gasteiger partial charge in [-0.1, -0.05) is 0 Å². The van der Waals surface area contributed by atoms with Crippen LogP contribution in [0.2, 0.25) is 0 Å². The summed E-state index contributed by atoms with van der Waals surface area (Å²) in [5, 5.41) is 15.7. The van der Waals surface area contributed by atoms with Crippen LogP contribution < -0.4 is 68.9 Å². The van der Waals surface area contributed by atoms with Crippen LogP contribution in [0.15, 0.2) is 0 Å². The average Bonchev–Trinajstić information content (AvgIpc) is 2.17. The zero-order valence-electron chi connectivity index (χ0n) is 11.5. The van der Waals surface area contributed by atoms with Gasteiger partial charge in [-0.05, 0) is 13.8 Å². The second-order valence-corrected chi connectivity index (χ2v) is 5.67. The Morgan fingerprint density at radius 2 is 1.10 bits per heavy atom. The molecule has 108 valence electrons. The van der Waals surface area contributed by atoms with Crippen molar-refractivity contribution in [2.75, 3.05) is 13.2 Å². The maximum Gasteiger partial charge on any atom is 1.00 e. The molecule has 0 saturated carbocycles. The predicted molar refractivity (Wildman–Crippen MR) is 54.5 cm³/mol. The molecule has 2 atom stereocenters. The molecule has 2 unspecified atom stereocenters. The van der Waals surface area contributed by atoms with E-state index in [4.69, 9.17) is 10.2 Å². The zero-order valence-corrected chi connectivity index (χ0v) is 17.3. The van der Waals surface area contributed by atoms with Crippen LogP contribution >= 0.6 is 15.2 Å². The van der Waals surface area contributed by atoms with Crippen molar-refractivity contribution in [1.29, 1.82) is 0 Å². The summed E-state index contributed by atoms with van der Waals surface area (Å²) in [5.41, 5.74) is -3.85. The molecule has 0 aliphatic rings. The van der Waals surface area contributed by atoms with Crippen LogP contribution in [-0.2, 0) is 18.2 Å². The fourth-order valence-corrected chi connectivity index (χ4v) is 1.35. The topological polar surface area (TPSA) is 173 Å². The number of carboxylic acid groups (broad SMARTS) is 2. The van der Waals surface area contributed by atoms with E-state index in [0.29, 0.717) is 0 Å². The van der Waals surface area contributed by atoms with Crippen molar-refractivity contribution >= 4 is 26.6 Å². The van der Waals surface area contributed by atoms with Crippen LogP contribution in [0.25, 0.3) is 0 Å². The molecule has 0 spiro atoms. The van der Waals surface area contributed by atoms with Gasteiger partial charge < -0.3 is 29.0 Å². The maximum absolute atomic E-state index is 10.1. The van der Waals surface area contributed by atoms with Gasteiger partial charge in [-0.15, -0.1) is 0 Å². The minimum absolute atomic E-state index is 0. The van der Waals surface area contributed by atoms with E-state index < -0.39 is 26.6 Å². The number of rotatable bonds is 6. The normalized spacial score (nSPS) is 15.0. The zero-order chi connectivity index (χ0) is 15.0. The van der Waals surface area contributed by atoms with Crippen molar-refractivity contribution in [3.05, 3.63) is 0 Å². The number of hydrogen-bond acceptors (Lipinski definition) is 8. The van der Waals surface area contributed by atoms with Crippen molar-refractivity contribution in [2.24, 2.45) is 0 Å². The fourth-order valence-electron chi connectivity index (χ4n) is 0.450. The van der Waals surface area contributed by atoms with Crippen LogP contribution in [0, 0.1) is 0 Å². The fraction of sp³-hybridized carbons (Fsp3) is 0.667. The molecule has 0 amide bonds. The first-order chi connectivity index (χ1) is 8.01. The molecule has 0 saturated heterocycles. The minimum atomic E-state index is -4.60. The van der Waals surface area contributed by atoms with E-state index >= 15 is 0 Å². The van der Waals surface area contributed by atoms with Crippen molar-refractivity contribution in [2.45, 2.75) is 13.8 Å². The van der Waals surface area contributed by atoms with Crippen molar-refractivity contribution in [3.63, 3.8) is 0 Å². The maximum atomic E-state index is 10.1. The Balaban J connectivity index is -0.000000116. The molecule has 0 radical (unpaired) electrons. The number of hydrogen-bond donors (Lipinski definition) is 2. The van der Waals surface area contributed by atoms with E-state index in [1.165, 1.54) is 13.8 Å². The Hall–Kier alpha value is 1.24. The summed E-state index contributed by atoms with van der Waals surface area (Å²) in [5.74, 6) is 0. The molecule has 0 fully saturated rings. The van der Waals surface area contributed by atoms with Crippen molar-refractivity contribution in [3.8, 4) is 0 Å². The summed E-state index contributed by atoms with van der Waals surface area (Å²) < 4.78 is 28.1. The molecule has 20 heavy (non-hydrogen) atoms. The van der Waals surface area contributed by atoms with E-state index in [1.807, 2.05) is 0 Å². The second kappa shape index (κ2) is 13.9. The molecule has 2 N–H and O–H groups in total. The van der Waals surface area contributed by atoms with Crippen LogP contribution in [0.3, 0.4) is 0 Å². The smallest absolute Gasteiger partial charge is 0.770 e. The third-order valence-electron chi connectivity index (χ3n) is 1.07. The van der Waals surface area contributed by atoms with E-state index in [2.05, 4.69) is 9.05 Å². The molecule has 0 heterocycles. The summed E-state index contributed by atoms with van der Waals surface area (Å²) >= 11 is 0. The molecule has 10 nitrogen and oxygen atoms in total. The van der Waals surface area contributed by atoms with Gasteiger partial charge >= 0.3 is 70.5 Å². The summed E-state index contributed by atoms with van der Waals surface area (Å²) in [7, 11) is -9.20. The number of carbonyl (C=O) groups is 2. The van der Waals surface area contributed by atoms with E-state index in [0.717, 1.165) is 0 Å². The first-order valence-electron chi connectivity index (χ1n) is 4.39. The molecule has 0 aromatic rings. The van der Waals surface area contributed by atoms with Gasteiger partial charge in [0, 0.05) is 0 Å². The molecule has 0 aliphatic carbocycles. The van der Waals surface area contributed by atoms with Gasteiger partial charge in [-0.25, -0.2) is 9.59 Å². The quantitative estimate of drug-likeness (QED) is 0.347. The first-order valence-corrected chi connectivity index (χ1v) is 7.48. The SMILES string of the molecule is CCOP(=O)([O-])C(=O)O.CCOP(=O)([O-])C(=O)O.[Na+].[Na+]. The molecule has 0 aliphatic heterocycles. The summed E-state index contributed by atoms with van der Waals surface area (Å²) in [6.45, 7) is 2.50. The van der Waals surface area contributed by atoms with Gasteiger partial charge in [0.2, 0.25) is 15.2 Å². The molecular weight excluding hydrogens is 340 g/mol. The van der Waals surface area contributed by atoms with Crippen LogP contribution in [-0.4, -0.2) is 34.8 Å². The average molecular weight is 352 g/mol. The van der Waals surface area contributed by atoms with Crippen LogP contribution in [0.5, 0.6) is 0 Å². The van der Waals surface area contributed by atoms with Crippen molar-refractivity contribution in [1.82, 2.24) is 0 Å². The molecular formula is C6H12Na2O10P2.